The maximum atomic E-state index is 12.7. The normalized spacial score (nSPS) is 10.4. The number of rotatable bonds is 3. The van der Waals surface area contributed by atoms with Crippen molar-refractivity contribution in [3.8, 4) is 0 Å². The van der Waals surface area contributed by atoms with E-state index in [2.05, 4.69) is 5.10 Å². The highest BCUT2D eigenvalue weighted by atomic mass is 19.1. The molecular formula is C11H10FN3O2. The first-order valence-electron chi connectivity index (χ1n) is 4.87. The Morgan fingerprint density at radius 2 is 2.06 bits per heavy atom. The van der Waals surface area contributed by atoms with Gasteiger partial charge in [0.25, 0.3) is 0 Å². The summed E-state index contributed by atoms with van der Waals surface area (Å²) in [5, 5.41) is 12.6. The van der Waals surface area contributed by atoms with Crippen molar-refractivity contribution < 1.29 is 14.3 Å². The van der Waals surface area contributed by atoms with E-state index in [1.54, 1.807) is 12.1 Å². The molecule has 0 atom stereocenters. The summed E-state index contributed by atoms with van der Waals surface area (Å²) >= 11 is 0. The maximum absolute atomic E-state index is 12.7. The lowest BCUT2D eigenvalue weighted by atomic mass is 10.2. The Balaban J connectivity index is 2.22. The monoisotopic (exact) mass is 235 g/mol. The highest BCUT2D eigenvalue weighted by molar-refractivity contribution is 5.91. The predicted octanol–water partition coefficient (Wildman–Crippen LogP) is 1.35. The number of benzene rings is 1. The highest BCUT2D eigenvalue weighted by Gasteiger charge is 2.13. The maximum Gasteiger partial charge on any atom is 0.358 e. The molecule has 0 saturated carbocycles. The number of aromatic nitrogens is 2. The van der Waals surface area contributed by atoms with Gasteiger partial charge in [0, 0.05) is 6.20 Å². The molecule has 2 aromatic rings. The molecule has 3 N–H and O–H groups in total. The average Bonchev–Trinajstić information content (AvgIpc) is 2.63. The molecule has 1 aromatic carbocycles. The minimum Gasteiger partial charge on any atom is -0.476 e. The fraction of sp³-hybridized carbons (Fsp3) is 0.0909. The third kappa shape index (κ3) is 2.41. The second-order valence-electron chi connectivity index (χ2n) is 3.56. The molecule has 0 saturated heterocycles. The van der Waals surface area contributed by atoms with Crippen molar-refractivity contribution >= 4 is 11.7 Å². The van der Waals surface area contributed by atoms with Crippen LogP contribution in [-0.2, 0) is 6.54 Å². The third-order valence-electron chi connectivity index (χ3n) is 2.25. The van der Waals surface area contributed by atoms with Gasteiger partial charge in [0.2, 0.25) is 0 Å². The summed E-state index contributed by atoms with van der Waals surface area (Å²) in [6.45, 7) is 0.345. The molecule has 0 aliphatic heterocycles. The molecule has 1 aromatic heterocycles. The molecule has 2 rings (SSSR count). The first kappa shape index (κ1) is 11.1. The number of nitrogens with zero attached hydrogens (tertiary/aromatic N) is 2. The lowest BCUT2D eigenvalue weighted by Crippen LogP contribution is -2.04. The number of carboxylic acid groups (broad SMARTS) is 1. The van der Waals surface area contributed by atoms with Crippen LogP contribution in [0.25, 0.3) is 0 Å². The van der Waals surface area contributed by atoms with Gasteiger partial charge in [0.15, 0.2) is 5.69 Å². The summed E-state index contributed by atoms with van der Waals surface area (Å²) in [4.78, 5) is 10.7. The van der Waals surface area contributed by atoms with Crippen molar-refractivity contribution in [1.29, 1.82) is 0 Å². The lowest BCUT2D eigenvalue weighted by molar-refractivity contribution is 0.0690. The van der Waals surface area contributed by atoms with Crippen LogP contribution < -0.4 is 5.73 Å². The minimum absolute atomic E-state index is 0.111. The molecule has 17 heavy (non-hydrogen) atoms. The summed E-state index contributed by atoms with van der Waals surface area (Å²) in [6.07, 6.45) is 1.44. The number of hydrogen-bond acceptors (Lipinski definition) is 3. The van der Waals surface area contributed by atoms with E-state index in [0.29, 0.717) is 6.54 Å². The van der Waals surface area contributed by atoms with Crippen molar-refractivity contribution in [2.45, 2.75) is 6.54 Å². The number of carboxylic acids is 1. The van der Waals surface area contributed by atoms with Crippen LogP contribution in [-0.4, -0.2) is 20.9 Å². The molecule has 0 fully saturated rings. The van der Waals surface area contributed by atoms with Crippen molar-refractivity contribution in [2.75, 3.05) is 5.73 Å². The van der Waals surface area contributed by atoms with E-state index in [1.165, 1.54) is 23.0 Å². The van der Waals surface area contributed by atoms with Crippen molar-refractivity contribution in [1.82, 2.24) is 9.78 Å². The van der Waals surface area contributed by atoms with Gasteiger partial charge in [0.1, 0.15) is 5.82 Å². The Labute approximate surface area is 96.3 Å². The number of anilines is 1. The molecule has 88 valence electrons. The van der Waals surface area contributed by atoms with Crippen LogP contribution in [0, 0.1) is 5.82 Å². The lowest BCUT2D eigenvalue weighted by Gasteiger charge is -2.00. The second kappa shape index (κ2) is 4.25. The van der Waals surface area contributed by atoms with Crippen LogP contribution in [0.5, 0.6) is 0 Å². The van der Waals surface area contributed by atoms with Gasteiger partial charge in [0.05, 0.1) is 12.2 Å². The van der Waals surface area contributed by atoms with Gasteiger partial charge in [-0.3, -0.25) is 4.68 Å². The molecule has 0 aliphatic rings. The first-order chi connectivity index (χ1) is 8.06. The van der Waals surface area contributed by atoms with Crippen LogP contribution in [0.1, 0.15) is 16.1 Å². The predicted molar refractivity (Wildman–Crippen MR) is 59.1 cm³/mol. The summed E-state index contributed by atoms with van der Waals surface area (Å²) in [5.41, 5.74) is 6.24. The van der Waals surface area contributed by atoms with E-state index in [0.717, 1.165) is 5.56 Å². The Morgan fingerprint density at radius 1 is 1.41 bits per heavy atom. The molecule has 0 radical (unpaired) electrons. The van der Waals surface area contributed by atoms with E-state index < -0.39 is 5.97 Å². The standard InChI is InChI=1S/C11H10FN3O2/c12-8-3-1-7(2-4-8)5-15-6-9(13)10(14-15)11(16)17/h1-4,6H,5,13H2,(H,16,17). The zero-order valence-electron chi connectivity index (χ0n) is 8.80. The molecular weight excluding hydrogens is 225 g/mol. The minimum atomic E-state index is -1.17. The zero-order chi connectivity index (χ0) is 12.4. The summed E-state index contributed by atoms with van der Waals surface area (Å²) in [5.74, 6) is -1.49. The van der Waals surface area contributed by atoms with Crippen LogP contribution in [0.2, 0.25) is 0 Å². The van der Waals surface area contributed by atoms with Crippen molar-refractivity contribution in [2.24, 2.45) is 0 Å². The molecule has 0 spiro atoms. The SMILES string of the molecule is Nc1cn(Cc2ccc(F)cc2)nc1C(=O)O. The topological polar surface area (TPSA) is 81.1 Å². The quantitative estimate of drug-likeness (QED) is 0.841. The Kier molecular flexibility index (Phi) is 2.78. The fourth-order valence-electron chi connectivity index (χ4n) is 1.46. The van der Waals surface area contributed by atoms with Gasteiger partial charge >= 0.3 is 5.97 Å². The highest BCUT2D eigenvalue weighted by Crippen LogP contribution is 2.11. The van der Waals surface area contributed by atoms with E-state index in [-0.39, 0.29) is 17.2 Å². The fourth-order valence-corrected chi connectivity index (χ4v) is 1.46. The van der Waals surface area contributed by atoms with Crippen LogP contribution in [0.4, 0.5) is 10.1 Å². The largest absolute Gasteiger partial charge is 0.476 e. The van der Waals surface area contributed by atoms with E-state index in [1.807, 2.05) is 0 Å². The molecule has 0 unspecified atom stereocenters. The molecule has 5 nitrogen and oxygen atoms in total. The van der Waals surface area contributed by atoms with E-state index >= 15 is 0 Å². The van der Waals surface area contributed by atoms with Crippen LogP contribution in [0.3, 0.4) is 0 Å². The number of aromatic carboxylic acids is 1. The second-order valence-corrected chi connectivity index (χ2v) is 3.56. The van der Waals surface area contributed by atoms with Gasteiger partial charge < -0.3 is 10.8 Å². The molecule has 0 bridgehead atoms. The van der Waals surface area contributed by atoms with Gasteiger partial charge in [-0.2, -0.15) is 5.10 Å². The van der Waals surface area contributed by atoms with E-state index in [9.17, 15) is 9.18 Å². The summed E-state index contributed by atoms with van der Waals surface area (Å²) < 4.78 is 14.1. The number of halogens is 1. The van der Waals surface area contributed by atoms with E-state index in [4.69, 9.17) is 10.8 Å². The number of carbonyl (C=O) groups is 1. The summed E-state index contributed by atoms with van der Waals surface area (Å²) in [6, 6.07) is 5.88. The third-order valence-corrected chi connectivity index (χ3v) is 2.25. The smallest absolute Gasteiger partial charge is 0.358 e. The molecule has 1 heterocycles. The molecule has 6 heteroatoms. The number of nitrogens with two attached hydrogens (primary N) is 1. The average molecular weight is 235 g/mol. The van der Waals surface area contributed by atoms with Crippen molar-refractivity contribution in [3.63, 3.8) is 0 Å². The Morgan fingerprint density at radius 3 is 2.59 bits per heavy atom. The Hall–Kier alpha value is -2.37. The molecule has 0 aliphatic carbocycles. The van der Waals surface area contributed by atoms with Gasteiger partial charge in [-0.1, -0.05) is 12.1 Å². The number of nitrogen functional groups attached to an aromatic ring is 1. The van der Waals surface area contributed by atoms with Crippen LogP contribution in [0.15, 0.2) is 30.5 Å². The van der Waals surface area contributed by atoms with Crippen molar-refractivity contribution in [3.05, 3.63) is 47.5 Å². The summed E-state index contributed by atoms with van der Waals surface area (Å²) in [7, 11) is 0. The zero-order valence-corrected chi connectivity index (χ0v) is 8.80. The van der Waals surface area contributed by atoms with Gasteiger partial charge in [-0.05, 0) is 17.7 Å². The van der Waals surface area contributed by atoms with Gasteiger partial charge in [-0.25, -0.2) is 9.18 Å². The van der Waals surface area contributed by atoms with Gasteiger partial charge in [-0.15, -0.1) is 0 Å². The first-order valence-corrected chi connectivity index (χ1v) is 4.87. The Bertz CT molecular complexity index is 548. The molecule has 0 amide bonds. The van der Waals surface area contributed by atoms with Crippen LogP contribution >= 0.6 is 0 Å². The number of hydrogen-bond donors (Lipinski definition) is 2.